The summed E-state index contributed by atoms with van der Waals surface area (Å²) in [5.41, 5.74) is 0.784. The van der Waals surface area contributed by atoms with E-state index in [2.05, 4.69) is 11.8 Å². The molecule has 1 aliphatic carbocycles. The van der Waals surface area contributed by atoms with Crippen LogP contribution in [0.5, 0.6) is 0 Å². The predicted molar refractivity (Wildman–Crippen MR) is 100 cm³/mol. The van der Waals surface area contributed by atoms with Crippen molar-refractivity contribution in [3.05, 3.63) is 30.1 Å². The lowest BCUT2D eigenvalue weighted by Crippen LogP contribution is -2.48. The van der Waals surface area contributed by atoms with Crippen molar-refractivity contribution in [1.82, 2.24) is 4.90 Å². The molecule has 1 saturated carbocycles. The molecule has 0 unspecified atom stereocenters. The molecule has 3 nitrogen and oxygen atoms in total. The lowest BCUT2D eigenvalue weighted by Gasteiger charge is -2.41. The van der Waals surface area contributed by atoms with E-state index in [0.717, 1.165) is 38.2 Å². The van der Waals surface area contributed by atoms with Gasteiger partial charge in [-0.25, -0.2) is 4.39 Å². The Morgan fingerprint density at radius 3 is 2.36 bits per heavy atom. The second kappa shape index (κ2) is 7.76. The minimum absolute atomic E-state index is 0.204. The van der Waals surface area contributed by atoms with Crippen LogP contribution in [0.15, 0.2) is 24.3 Å². The molecule has 0 radical (unpaired) electrons. The number of nitrogens with zero attached hydrogens (tertiary/aromatic N) is 2. The molecule has 1 saturated heterocycles. The maximum atomic E-state index is 13.1. The number of rotatable bonds is 4. The Labute approximate surface area is 151 Å². The molecular weight excluding hydrogens is 315 g/mol. The first-order valence-corrected chi connectivity index (χ1v) is 9.74. The summed E-state index contributed by atoms with van der Waals surface area (Å²) in [5.74, 6) is 0.785. The second-order valence-corrected chi connectivity index (χ2v) is 8.21. The molecular formula is C21H31FN2O. The lowest BCUT2D eigenvalue weighted by molar-refractivity contribution is -0.141. The van der Waals surface area contributed by atoms with Crippen LogP contribution in [0.4, 0.5) is 10.1 Å². The maximum absolute atomic E-state index is 13.1. The third-order valence-corrected chi connectivity index (χ3v) is 6.18. The van der Waals surface area contributed by atoms with E-state index < -0.39 is 0 Å². The number of piperidine rings is 1. The van der Waals surface area contributed by atoms with Gasteiger partial charge in [-0.1, -0.05) is 26.2 Å². The summed E-state index contributed by atoms with van der Waals surface area (Å²) in [4.78, 5) is 17.3. The van der Waals surface area contributed by atoms with Crippen LogP contribution in [0.25, 0.3) is 0 Å². The van der Waals surface area contributed by atoms with Crippen LogP contribution >= 0.6 is 0 Å². The molecule has 25 heavy (non-hydrogen) atoms. The first kappa shape index (κ1) is 18.2. The highest BCUT2D eigenvalue weighted by molar-refractivity contribution is 5.82. The Morgan fingerprint density at radius 1 is 1.16 bits per heavy atom. The molecule has 1 aliphatic heterocycles. The molecule has 1 amide bonds. The topological polar surface area (TPSA) is 23.6 Å². The number of hydrogen-bond donors (Lipinski definition) is 0. The molecule has 1 aromatic carbocycles. The maximum Gasteiger partial charge on any atom is 0.228 e. The molecule has 1 heterocycles. The van der Waals surface area contributed by atoms with Crippen LogP contribution in [0.1, 0.15) is 51.9 Å². The van der Waals surface area contributed by atoms with Crippen molar-refractivity contribution in [2.24, 2.45) is 11.3 Å². The van der Waals surface area contributed by atoms with Crippen molar-refractivity contribution in [2.75, 3.05) is 31.6 Å². The molecule has 4 heteroatoms. The molecule has 2 fully saturated rings. The number of benzene rings is 1. The van der Waals surface area contributed by atoms with Crippen LogP contribution in [0, 0.1) is 17.2 Å². The van der Waals surface area contributed by atoms with Gasteiger partial charge in [-0.15, -0.1) is 0 Å². The van der Waals surface area contributed by atoms with Gasteiger partial charge < -0.3 is 9.80 Å². The predicted octanol–water partition coefficient (Wildman–Crippen LogP) is 4.47. The van der Waals surface area contributed by atoms with Gasteiger partial charge in [-0.3, -0.25) is 4.79 Å². The molecule has 0 aromatic heterocycles. The van der Waals surface area contributed by atoms with Crippen molar-refractivity contribution in [2.45, 2.75) is 51.9 Å². The van der Waals surface area contributed by atoms with E-state index in [-0.39, 0.29) is 11.2 Å². The Kier molecular flexibility index (Phi) is 5.65. The molecule has 2 aliphatic rings. The lowest BCUT2D eigenvalue weighted by atomic mass is 9.78. The standard InChI is InChI=1S/C21H31FN2O/c1-21(20(25)23(2)16-17-6-4-3-5-7-17)12-14-24(15-13-21)19-10-8-18(22)9-11-19/h8-11,17H,3-7,12-16H2,1-2H3. The fraction of sp³-hybridized carbons (Fsp3) is 0.667. The van der Waals surface area contributed by atoms with E-state index in [1.54, 1.807) is 0 Å². The van der Waals surface area contributed by atoms with Crippen LogP contribution in [0.2, 0.25) is 0 Å². The summed E-state index contributed by atoms with van der Waals surface area (Å²) < 4.78 is 13.1. The molecule has 1 aromatic rings. The van der Waals surface area contributed by atoms with Gasteiger partial charge in [-0.2, -0.15) is 0 Å². The molecule has 0 spiro atoms. The van der Waals surface area contributed by atoms with E-state index in [1.165, 1.54) is 44.2 Å². The number of amides is 1. The Bertz CT molecular complexity index is 572. The van der Waals surface area contributed by atoms with Gasteiger partial charge in [0.25, 0.3) is 0 Å². The van der Waals surface area contributed by atoms with Gasteiger partial charge in [-0.05, 0) is 55.9 Å². The monoisotopic (exact) mass is 346 g/mol. The van der Waals surface area contributed by atoms with Crippen LogP contribution in [0.3, 0.4) is 0 Å². The summed E-state index contributed by atoms with van der Waals surface area (Å²) in [6.07, 6.45) is 8.24. The highest BCUT2D eigenvalue weighted by Gasteiger charge is 2.39. The summed E-state index contributed by atoms with van der Waals surface area (Å²) >= 11 is 0. The van der Waals surface area contributed by atoms with Crippen molar-refractivity contribution < 1.29 is 9.18 Å². The van der Waals surface area contributed by atoms with E-state index in [4.69, 9.17) is 0 Å². The Hall–Kier alpha value is -1.58. The highest BCUT2D eigenvalue weighted by atomic mass is 19.1. The van der Waals surface area contributed by atoms with Gasteiger partial charge in [0.1, 0.15) is 5.82 Å². The van der Waals surface area contributed by atoms with Crippen molar-refractivity contribution in [3.8, 4) is 0 Å². The summed E-state index contributed by atoms with van der Waals surface area (Å²) in [5, 5.41) is 0. The fourth-order valence-corrected chi connectivity index (χ4v) is 4.42. The first-order valence-electron chi connectivity index (χ1n) is 9.74. The summed E-state index contributed by atoms with van der Waals surface area (Å²) in [6.45, 7) is 4.74. The van der Waals surface area contributed by atoms with Gasteiger partial charge in [0.05, 0.1) is 0 Å². The third kappa shape index (κ3) is 4.34. The number of anilines is 1. The average Bonchev–Trinajstić information content (AvgIpc) is 2.63. The highest BCUT2D eigenvalue weighted by Crippen LogP contribution is 2.35. The SMILES string of the molecule is CN(CC1CCCCC1)C(=O)C1(C)CCN(c2ccc(F)cc2)CC1. The van der Waals surface area contributed by atoms with E-state index >= 15 is 0 Å². The Morgan fingerprint density at radius 2 is 1.76 bits per heavy atom. The van der Waals surface area contributed by atoms with Crippen LogP contribution in [-0.2, 0) is 4.79 Å². The number of halogens is 1. The minimum Gasteiger partial charge on any atom is -0.371 e. The number of carbonyl (C=O) groups excluding carboxylic acids is 1. The Balaban J connectivity index is 1.55. The average molecular weight is 346 g/mol. The summed E-state index contributed by atoms with van der Waals surface area (Å²) in [7, 11) is 1.98. The van der Waals surface area contributed by atoms with Crippen LogP contribution < -0.4 is 4.90 Å². The van der Waals surface area contributed by atoms with Gasteiger partial charge in [0, 0.05) is 37.8 Å². The molecule has 0 N–H and O–H groups in total. The van der Waals surface area contributed by atoms with E-state index in [0.29, 0.717) is 11.8 Å². The number of carbonyl (C=O) groups is 1. The largest absolute Gasteiger partial charge is 0.371 e. The smallest absolute Gasteiger partial charge is 0.228 e. The zero-order valence-corrected chi connectivity index (χ0v) is 15.6. The quantitative estimate of drug-likeness (QED) is 0.803. The minimum atomic E-state index is -0.264. The fourth-order valence-electron chi connectivity index (χ4n) is 4.42. The van der Waals surface area contributed by atoms with Gasteiger partial charge in [0.15, 0.2) is 0 Å². The van der Waals surface area contributed by atoms with E-state index in [9.17, 15) is 9.18 Å². The van der Waals surface area contributed by atoms with Gasteiger partial charge >= 0.3 is 0 Å². The third-order valence-electron chi connectivity index (χ3n) is 6.18. The molecule has 3 rings (SSSR count). The van der Waals surface area contributed by atoms with Crippen molar-refractivity contribution >= 4 is 11.6 Å². The second-order valence-electron chi connectivity index (χ2n) is 8.21. The van der Waals surface area contributed by atoms with Crippen molar-refractivity contribution in [1.29, 1.82) is 0 Å². The zero-order valence-electron chi connectivity index (χ0n) is 15.6. The normalized spacial score (nSPS) is 21.2. The molecule has 138 valence electrons. The van der Waals surface area contributed by atoms with Crippen molar-refractivity contribution in [3.63, 3.8) is 0 Å². The van der Waals surface area contributed by atoms with Gasteiger partial charge in [0.2, 0.25) is 5.91 Å². The summed E-state index contributed by atoms with van der Waals surface area (Å²) in [6, 6.07) is 6.67. The van der Waals surface area contributed by atoms with Crippen LogP contribution in [-0.4, -0.2) is 37.5 Å². The molecule has 0 bridgehead atoms. The first-order chi connectivity index (χ1) is 12.0. The number of hydrogen-bond acceptors (Lipinski definition) is 2. The van der Waals surface area contributed by atoms with E-state index in [1.807, 2.05) is 24.1 Å². The zero-order chi connectivity index (χ0) is 17.9. The molecule has 0 atom stereocenters.